The largest absolute Gasteiger partial charge is 0.359 e. The standard InChI is InChI=1S/C21H29N3O3/c1-15(2)12-22-19(25)18-11-17(27-23-18)14-24(20(26)21(3,4)5)13-16-9-7-6-8-10-16/h6-11,15H,12-14H2,1-5H3,(H,22,25). The van der Waals surface area contributed by atoms with Crippen LogP contribution in [0.3, 0.4) is 0 Å². The summed E-state index contributed by atoms with van der Waals surface area (Å²) in [6.45, 7) is 11.0. The number of amides is 2. The molecule has 0 atom stereocenters. The van der Waals surface area contributed by atoms with Crippen molar-refractivity contribution in [3.63, 3.8) is 0 Å². The van der Waals surface area contributed by atoms with Gasteiger partial charge in [-0.15, -0.1) is 0 Å². The Morgan fingerprint density at radius 3 is 2.41 bits per heavy atom. The number of rotatable bonds is 7. The van der Waals surface area contributed by atoms with Crippen molar-refractivity contribution in [2.75, 3.05) is 6.54 Å². The molecule has 0 spiro atoms. The van der Waals surface area contributed by atoms with Gasteiger partial charge in [-0.05, 0) is 11.5 Å². The van der Waals surface area contributed by atoms with Gasteiger partial charge >= 0.3 is 0 Å². The van der Waals surface area contributed by atoms with Crippen molar-refractivity contribution in [3.8, 4) is 0 Å². The Hall–Kier alpha value is -2.63. The number of carbonyl (C=O) groups excluding carboxylic acids is 2. The third-order valence-corrected chi connectivity index (χ3v) is 3.95. The Bertz CT molecular complexity index is 760. The molecule has 6 nitrogen and oxygen atoms in total. The Kier molecular flexibility index (Phi) is 6.77. The van der Waals surface area contributed by atoms with Crippen LogP contribution >= 0.6 is 0 Å². The van der Waals surface area contributed by atoms with Crippen LogP contribution in [0.1, 0.15) is 56.4 Å². The van der Waals surface area contributed by atoms with Gasteiger partial charge in [0.05, 0.1) is 6.54 Å². The van der Waals surface area contributed by atoms with Crippen molar-refractivity contribution in [1.29, 1.82) is 0 Å². The fourth-order valence-electron chi connectivity index (χ4n) is 2.55. The molecular weight excluding hydrogens is 342 g/mol. The van der Waals surface area contributed by atoms with E-state index in [1.54, 1.807) is 11.0 Å². The molecule has 0 saturated heterocycles. The van der Waals surface area contributed by atoms with Crippen LogP contribution in [-0.4, -0.2) is 28.4 Å². The molecule has 1 heterocycles. The van der Waals surface area contributed by atoms with Crippen LogP contribution in [-0.2, 0) is 17.9 Å². The summed E-state index contributed by atoms with van der Waals surface area (Å²) in [5.41, 5.74) is 0.741. The van der Waals surface area contributed by atoms with Crippen LogP contribution in [0.4, 0.5) is 0 Å². The normalized spacial score (nSPS) is 11.5. The van der Waals surface area contributed by atoms with Gasteiger partial charge in [-0.1, -0.05) is 70.1 Å². The van der Waals surface area contributed by atoms with E-state index in [0.29, 0.717) is 24.8 Å². The molecule has 27 heavy (non-hydrogen) atoms. The highest BCUT2D eigenvalue weighted by Gasteiger charge is 2.28. The maximum Gasteiger partial charge on any atom is 0.273 e. The summed E-state index contributed by atoms with van der Waals surface area (Å²) in [6, 6.07) is 11.4. The Morgan fingerprint density at radius 1 is 1.15 bits per heavy atom. The molecule has 0 fully saturated rings. The molecule has 2 aromatic rings. The zero-order chi connectivity index (χ0) is 20.0. The fraction of sp³-hybridized carbons (Fsp3) is 0.476. The molecule has 0 bridgehead atoms. The molecule has 2 rings (SSSR count). The number of hydrogen-bond acceptors (Lipinski definition) is 4. The summed E-state index contributed by atoms with van der Waals surface area (Å²) in [5.74, 6) is 0.577. The number of benzene rings is 1. The van der Waals surface area contributed by atoms with Gasteiger partial charge in [-0.2, -0.15) is 0 Å². The first-order valence-electron chi connectivity index (χ1n) is 9.24. The highest BCUT2D eigenvalue weighted by Crippen LogP contribution is 2.21. The molecule has 6 heteroatoms. The van der Waals surface area contributed by atoms with Crippen LogP contribution in [0.25, 0.3) is 0 Å². The summed E-state index contributed by atoms with van der Waals surface area (Å²) < 4.78 is 5.32. The van der Waals surface area contributed by atoms with E-state index in [4.69, 9.17) is 4.52 Å². The molecule has 0 aliphatic rings. The van der Waals surface area contributed by atoms with E-state index in [1.165, 1.54) is 0 Å². The lowest BCUT2D eigenvalue weighted by atomic mass is 9.94. The van der Waals surface area contributed by atoms with Gasteiger partial charge < -0.3 is 14.7 Å². The maximum absolute atomic E-state index is 12.9. The first kappa shape index (κ1) is 20.7. The second-order valence-corrected chi connectivity index (χ2v) is 8.18. The lowest BCUT2D eigenvalue weighted by Gasteiger charge is -2.28. The molecule has 1 aromatic heterocycles. The SMILES string of the molecule is CC(C)CNC(=O)c1cc(CN(Cc2ccccc2)C(=O)C(C)(C)C)on1. The quantitative estimate of drug-likeness (QED) is 0.806. The van der Waals surface area contributed by atoms with E-state index in [2.05, 4.69) is 10.5 Å². The van der Waals surface area contributed by atoms with E-state index >= 15 is 0 Å². The molecule has 0 aliphatic heterocycles. The van der Waals surface area contributed by atoms with Crippen molar-refractivity contribution in [1.82, 2.24) is 15.4 Å². The molecule has 0 aliphatic carbocycles. The monoisotopic (exact) mass is 371 g/mol. The third kappa shape index (κ3) is 6.24. The van der Waals surface area contributed by atoms with Crippen molar-refractivity contribution >= 4 is 11.8 Å². The first-order valence-corrected chi connectivity index (χ1v) is 9.24. The second kappa shape index (κ2) is 8.84. The topological polar surface area (TPSA) is 75.4 Å². The van der Waals surface area contributed by atoms with E-state index in [9.17, 15) is 9.59 Å². The smallest absolute Gasteiger partial charge is 0.273 e. The molecule has 0 unspecified atom stereocenters. The lowest BCUT2D eigenvalue weighted by Crippen LogP contribution is -2.38. The number of nitrogens with zero attached hydrogens (tertiary/aromatic N) is 2. The fourth-order valence-corrected chi connectivity index (χ4v) is 2.55. The van der Waals surface area contributed by atoms with Crippen molar-refractivity contribution in [2.24, 2.45) is 11.3 Å². The summed E-state index contributed by atoms with van der Waals surface area (Å²) in [7, 11) is 0. The average Bonchev–Trinajstić information content (AvgIpc) is 3.07. The van der Waals surface area contributed by atoms with Gasteiger partial charge in [-0.3, -0.25) is 9.59 Å². The summed E-state index contributed by atoms with van der Waals surface area (Å²) in [6.07, 6.45) is 0. The third-order valence-electron chi connectivity index (χ3n) is 3.95. The van der Waals surface area contributed by atoms with Crippen LogP contribution in [0.2, 0.25) is 0 Å². The minimum absolute atomic E-state index is 0.00793. The maximum atomic E-state index is 12.9. The zero-order valence-electron chi connectivity index (χ0n) is 16.8. The number of carbonyl (C=O) groups is 2. The molecule has 0 radical (unpaired) electrons. The van der Waals surface area contributed by atoms with Crippen molar-refractivity contribution in [2.45, 2.75) is 47.7 Å². The van der Waals surface area contributed by atoms with Gasteiger partial charge in [0.2, 0.25) is 5.91 Å². The Balaban J connectivity index is 2.13. The summed E-state index contributed by atoms with van der Waals surface area (Å²) >= 11 is 0. The highest BCUT2D eigenvalue weighted by molar-refractivity contribution is 5.92. The minimum Gasteiger partial charge on any atom is -0.359 e. The minimum atomic E-state index is -0.522. The van der Waals surface area contributed by atoms with E-state index in [1.807, 2.05) is 65.0 Å². The summed E-state index contributed by atoms with van der Waals surface area (Å²) in [5, 5.41) is 6.66. The molecule has 1 N–H and O–H groups in total. The molecule has 0 saturated carbocycles. The Morgan fingerprint density at radius 2 is 1.81 bits per heavy atom. The molecule has 146 valence electrons. The molecular formula is C21H29N3O3. The molecule has 2 amide bonds. The van der Waals surface area contributed by atoms with Crippen LogP contribution in [0, 0.1) is 11.3 Å². The van der Waals surface area contributed by atoms with E-state index in [0.717, 1.165) is 5.56 Å². The summed E-state index contributed by atoms with van der Waals surface area (Å²) in [4.78, 5) is 26.7. The van der Waals surface area contributed by atoms with Gasteiger partial charge in [-0.25, -0.2) is 0 Å². The average molecular weight is 371 g/mol. The van der Waals surface area contributed by atoms with Gasteiger partial charge in [0.25, 0.3) is 5.91 Å². The van der Waals surface area contributed by atoms with Crippen molar-refractivity contribution in [3.05, 3.63) is 53.4 Å². The van der Waals surface area contributed by atoms with Crippen molar-refractivity contribution < 1.29 is 14.1 Å². The van der Waals surface area contributed by atoms with Gasteiger partial charge in [0.1, 0.15) is 0 Å². The second-order valence-electron chi connectivity index (χ2n) is 8.18. The zero-order valence-corrected chi connectivity index (χ0v) is 16.8. The van der Waals surface area contributed by atoms with Gasteiger partial charge in [0.15, 0.2) is 11.5 Å². The lowest BCUT2D eigenvalue weighted by molar-refractivity contribution is -0.141. The Labute approximate surface area is 160 Å². The number of aromatic nitrogens is 1. The van der Waals surface area contributed by atoms with Crippen LogP contribution in [0.15, 0.2) is 40.9 Å². The van der Waals surface area contributed by atoms with Crippen LogP contribution < -0.4 is 5.32 Å². The van der Waals surface area contributed by atoms with Gasteiger partial charge in [0, 0.05) is 24.6 Å². The molecule has 1 aromatic carbocycles. The predicted octanol–water partition coefficient (Wildman–Crippen LogP) is 3.64. The van der Waals surface area contributed by atoms with E-state index in [-0.39, 0.29) is 24.1 Å². The predicted molar refractivity (Wildman–Crippen MR) is 104 cm³/mol. The highest BCUT2D eigenvalue weighted by atomic mass is 16.5. The van der Waals surface area contributed by atoms with E-state index < -0.39 is 5.41 Å². The first-order chi connectivity index (χ1) is 12.7. The number of hydrogen-bond donors (Lipinski definition) is 1. The number of nitrogens with one attached hydrogen (secondary N) is 1. The van der Waals surface area contributed by atoms with Crippen LogP contribution in [0.5, 0.6) is 0 Å².